The minimum atomic E-state index is -2.36. The highest BCUT2D eigenvalue weighted by Gasteiger charge is 2.32. The van der Waals surface area contributed by atoms with Gasteiger partial charge in [0.1, 0.15) is 5.78 Å². The lowest BCUT2D eigenvalue weighted by Crippen LogP contribution is -2.23. The first kappa shape index (κ1) is 24.6. The molecule has 0 spiro atoms. The number of thioether (sulfide) groups is 1. The lowest BCUT2D eigenvalue weighted by Gasteiger charge is -2.21. The van der Waals surface area contributed by atoms with Crippen molar-refractivity contribution in [1.82, 2.24) is 4.98 Å². The van der Waals surface area contributed by atoms with Crippen LogP contribution >= 0.6 is 23.1 Å². The molecular weight excluding hydrogens is 439 g/mol. The van der Waals surface area contributed by atoms with Gasteiger partial charge in [0.05, 0.1) is 5.60 Å². The Morgan fingerprint density at radius 1 is 1.43 bits per heavy atom. The first-order valence-corrected chi connectivity index (χ1v) is 11.4. The molecule has 2 rings (SSSR count). The molecule has 1 aromatic heterocycles. The number of allylic oxidation sites excluding steroid dienone is 2. The van der Waals surface area contributed by atoms with Crippen LogP contribution in [0.15, 0.2) is 33.8 Å². The van der Waals surface area contributed by atoms with Crippen LogP contribution in [0.25, 0.3) is 0 Å². The maximum Gasteiger partial charge on any atom is 0.355 e. The average molecular weight is 464 g/mol. The number of halogens is 3. The maximum atomic E-state index is 12.9. The standard InChI is InChI=1S/C20H24F3NO4S2/c1-20(28,9-6-14(21)17(22)23)8-2-3-12-4-5-16(25)13(12)7-10-29-19-24-15(11-30-19)18(26)27/h2-3,11-13,28H,4-10H2,1H3,(H,26,27)/b3-2+/t12?,13-,20-/m1/s1. The van der Waals surface area contributed by atoms with Crippen LogP contribution in [-0.4, -0.2) is 38.3 Å². The third-order valence-electron chi connectivity index (χ3n) is 5.04. The van der Waals surface area contributed by atoms with Gasteiger partial charge in [-0.3, -0.25) is 4.79 Å². The first-order valence-electron chi connectivity index (χ1n) is 9.52. The summed E-state index contributed by atoms with van der Waals surface area (Å²) in [5.41, 5.74) is -1.30. The number of carboxylic acids is 1. The second-order valence-corrected chi connectivity index (χ2v) is 9.71. The van der Waals surface area contributed by atoms with Crippen molar-refractivity contribution in [1.29, 1.82) is 0 Å². The van der Waals surface area contributed by atoms with Crippen molar-refractivity contribution in [2.45, 2.75) is 55.4 Å². The van der Waals surface area contributed by atoms with Crippen molar-refractivity contribution in [3.8, 4) is 0 Å². The van der Waals surface area contributed by atoms with E-state index in [0.717, 1.165) is 0 Å². The molecular formula is C20H24F3NO4S2. The Balaban J connectivity index is 1.83. The van der Waals surface area contributed by atoms with Gasteiger partial charge in [-0.05, 0) is 38.5 Å². The van der Waals surface area contributed by atoms with Gasteiger partial charge < -0.3 is 10.2 Å². The molecule has 1 aliphatic carbocycles. The smallest absolute Gasteiger partial charge is 0.355 e. The number of Topliss-reactive ketones (excluding diaryl/α,β-unsaturated/α-hetero) is 1. The molecule has 0 aromatic carbocycles. The summed E-state index contributed by atoms with van der Waals surface area (Å²) in [6, 6.07) is 0. The van der Waals surface area contributed by atoms with Gasteiger partial charge in [-0.15, -0.1) is 11.3 Å². The predicted octanol–water partition coefficient (Wildman–Crippen LogP) is 5.47. The molecule has 0 radical (unpaired) electrons. The Hall–Kier alpha value is -1.65. The SMILES string of the molecule is C[C@@](O)(C/C=C/C1CCC(=O)[C@@H]1CCSc1nc(C(=O)O)cs1)CCC(F)=C(F)F. The van der Waals surface area contributed by atoms with E-state index < -0.39 is 29.9 Å². The number of carbonyl (C=O) groups is 2. The van der Waals surface area contributed by atoms with E-state index in [4.69, 9.17) is 5.11 Å². The fourth-order valence-electron chi connectivity index (χ4n) is 3.31. The highest BCUT2D eigenvalue weighted by atomic mass is 32.2. The van der Waals surface area contributed by atoms with Gasteiger partial charge in [0.15, 0.2) is 15.9 Å². The molecule has 30 heavy (non-hydrogen) atoms. The van der Waals surface area contributed by atoms with E-state index in [2.05, 4.69) is 4.98 Å². The lowest BCUT2D eigenvalue weighted by molar-refractivity contribution is -0.121. The summed E-state index contributed by atoms with van der Waals surface area (Å²) in [7, 11) is 0. The molecule has 1 aromatic rings. The van der Waals surface area contributed by atoms with Crippen molar-refractivity contribution in [3.63, 3.8) is 0 Å². The fourth-order valence-corrected chi connectivity index (χ4v) is 5.20. The highest BCUT2D eigenvalue weighted by Crippen LogP contribution is 2.35. The lowest BCUT2D eigenvalue weighted by atomic mass is 9.90. The number of nitrogens with zero attached hydrogens (tertiary/aromatic N) is 1. The van der Waals surface area contributed by atoms with Crippen LogP contribution in [0.4, 0.5) is 13.2 Å². The number of carbonyl (C=O) groups excluding carboxylic acids is 1. The number of hydrogen-bond acceptors (Lipinski definition) is 6. The minimum absolute atomic E-state index is 0.0110. The van der Waals surface area contributed by atoms with Gasteiger partial charge in [-0.2, -0.15) is 8.78 Å². The zero-order chi connectivity index (χ0) is 22.3. The monoisotopic (exact) mass is 463 g/mol. The van der Waals surface area contributed by atoms with Crippen LogP contribution in [0.5, 0.6) is 0 Å². The van der Waals surface area contributed by atoms with Crippen molar-refractivity contribution >= 4 is 34.9 Å². The molecule has 1 heterocycles. The Kier molecular flexibility index (Phi) is 9.11. The largest absolute Gasteiger partial charge is 0.476 e. The second kappa shape index (κ2) is 11.1. The number of hydrogen-bond donors (Lipinski definition) is 2. The van der Waals surface area contributed by atoms with Gasteiger partial charge in [0, 0.05) is 29.9 Å². The molecule has 3 atom stereocenters. The average Bonchev–Trinajstić information content (AvgIpc) is 3.28. The molecule has 5 nitrogen and oxygen atoms in total. The van der Waals surface area contributed by atoms with E-state index >= 15 is 0 Å². The van der Waals surface area contributed by atoms with E-state index in [1.807, 2.05) is 6.08 Å². The molecule has 166 valence electrons. The van der Waals surface area contributed by atoms with E-state index in [1.165, 1.54) is 35.4 Å². The van der Waals surface area contributed by atoms with Gasteiger partial charge in [0.2, 0.25) is 0 Å². The Morgan fingerprint density at radius 2 is 2.17 bits per heavy atom. The first-order chi connectivity index (χ1) is 14.1. The summed E-state index contributed by atoms with van der Waals surface area (Å²) in [6.07, 6.45) is 2.59. The zero-order valence-electron chi connectivity index (χ0n) is 16.4. The van der Waals surface area contributed by atoms with Crippen LogP contribution in [0.2, 0.25) is 0 Å². The summed E-state index contributed by atoms with van der Waals surface area (Å²) in [5.74, 6) is -1.90. The summed E-state index contributed by atoms with van der Waals surface area (Å²) in [6.45, 7) is 1.47. The van der Waals surface area contributed by atoms with Crippen molar-refractivity contribution < 1.29 is 33.0 Å². The van der Waals surface area contributed by atoms with E-state index in [0.29, 0.717) is 29.4 Å². The van der Waals surface area contributed by atoms with Crippen LogP contribution in [-0.2, 0) is 4.79 Å². The number of ketones is 1. The van der Waals surface area contributed by atoms with Crippen LogP contribution in [0, 0.1) is 11.8 Å². The topological polar surface area (TPSA) is 87.5 Å². The van der Waals surface area contributed by atoms with Crippen molar-refractivity contribution in [2.24, 2.45) is 11.8 Å². The fraction of sp³-hybridized carbons (Fsp3) is 0.550. The van der Waals surface area contributed by atoms with Crippen molar-refractivity contribution in [2.75, 3.05) is 5.75 Å². The molecule has 1 fully saturated rings. The van der Waals surface area contributed by atoms with E-state index in [1.54, 1.807) is 6.08 Å². The summed E-state index contributed by atoms with van der Waals surface area (Å²) < 4.78 is 37.8. The third kappa shape index (κ3) is 7.55. The van der Waals surface area contributed by atoms with Gasteiger partial charge in [0.25, 0.3) is 0 Å². The number of rotatable bonds is 11. The Labute approximate surface area is 181 Å². The molecule has 0 aliphatic heterocycles. The predicted molar refractivity (Wildman–Crippen MR) is 110 cm³/mol. The maximum absolute atomic E-state index is 12.9. The molecule has 10 heteroatoms. The normalized spacial score (nSPS) is 21.2. The second-order valence-electron chi connectivity index (χ2n) is 7.51. The number of thiazole rings is 1. The number of carboxylic acid groups (broad SMARTS) is 1. The highest BCUT2D eigenvalue weighted by molar-refractivity contribution is 8.01. The third-order valence-corrected chi connectivity index (χ3v) is 7.09. The molecule has 2 N–H and O–H groups in total. The van der Waals surface area contributed by atoms with E-state index in [9.17, 15) is 27.9 Å². The van der Waals surface area contributed by atoms with Gasteiger partial charge in [-0.1, -0.05) is 23.9 Å². The van der Waals surface area contributed by atoms with Crippen LogP contribution in [0.1, 0.15) is 55.9 Å². The van der Waals surface area contributed by atoms with E-state index in [-0.39, 0.29) is 36.2 Å². The Bertz CT molecular complexity index is 819. The van der Waals surface area contributed by atoms with Crippen LogP contribution in [0.3, 0.4) is 0 Å². The molecule has 1 saturated carbocycles. The molecule has 0 amide bonds. The molecule has 0 bridgehead atoms. The quantitative estimate of drug-likeness (QED) is 0.334. The summed E-state index contributed by atoms with van der Waals surface area (Å²) in [4.78, 5) is 27.1. The molecule has 1 unspecified atom stereocenters. The molecule has 1 aliphatic rings. The number of aromatic nitrogens is 1. The van der Waals surface area contributed by atoms with Crippen LogP contribution < -0.4 is 0 Å². The van der Waals surface area contributed by atoms with Gasteiger partial charge in [-0.25, -0.2) is 14.2 Å². The summed E-state index contributed by atoms with van der Waals surface area (Å²) in [5, 5.41) is 20.6. The summed E-state index contributed by atoms with van der Waals surface area (Å²) >= 11 is 2.67. The number of aromatic carboxylic acids is 1. The van der Waals surface area contributed by atoms with Crippen molar-refractivity contribution in [3.05, 3.63) is 35.1 Å². The Morgan fingerprint density at radius 3 is 2.80 bits per heavy atom. The van der Waals surface area contributed by atoms with Gasteiger partial charge >= 0.3 is 12.0 Å². The number of aliphatic hydroxyl groups is 1. The molecule has 0 saturated heterocycles. The zero-order valence-corrected chi connectivity index (χ0v) is 18.1. The minimum Gasteiger partial charge on any atom is -0.476 e.